The molecule has 21 heavy (non-hydrogen) atoms. The summed E-state index contributed by atoms with van der Waals surface area (Å²) in [6.07, 6.45) is 2.35. The number of rotatable bonds is 2. The zero-order valence-electron chi connectivity index (χ0n) is 12.8. The molecule has 0 bridgehead atoms. The van der Waals surface area contributed by atoms with Gasteiger partial charge in [0.15, 0.2) is 0 Å². The summed E-state index contributed by atoms with van der Waals surface area (Å²) in [7, 11) is 0. The molecule has 0 saturated carbocycles. The van der Waals surface area contributed by atoms with Crippen LogP contribution in [0.15, 0.2) is 29.2 Å². The van der Waals surface area contributed by atoms with Crippen LogP contribution >= 0.6 is 0 Å². The quantitative estimate of drug-likeness (QED) is 0.858. The molecule has 0 aromatic carbocycles. The first-order valence-corrected chi connectivity index (χ1v) is 7.49. The minimum absolute atomic E-state index is 0.00698. The van der Waals surface area contributed by atoms with E-state index in [0.717, 1.165) is 36.5 Å². The van der Waals surface area contributed by atoms with E-state index in [2.05, 4.69) is 18.8 Å². The van der Waals surface area contributed by atoms with E-state index in [0.29, 0.717) is 0 Å². The number of aryl methyl sites for hydroxylation is 1. The average molecular weight is 288 g/mol. The number of quaternary nitrogens is 1. The van der Waals surface area contributed by atoms with Gasteiger partial charge in [-0.2, -0.15) is 0 Å². The van der Waals surface area contributed by atoms with Gasteiger partial charge < -0.3 is 9.64 Å². The summed E-state index contributed by atoms with van der Waals surface area (Å²) in [6.45, 7) is 8.86. The fourth-order valence-corrected chi connectivity index (χ4v) is 3.14. The molecule has 0 amide bonds. The van der Waals surface area contributed by atoms with Crippen LogP contribution < -0.4 is 10.5 Å². The maximum Gasteiger partial charge on any atom is 0.258 e. The molecule has 3 rings (SSSR count). The summed E-state index contributed by atoms with van der Waals surface area (Å²) in [5.74, 6) is 0. The standard InChI is InChI=1S/C16H21N3O2/c1-11-4-5-15-17-14(6-16(20)19(15)7-11)10-18-8-12(2)21-13(3)9-18/h4-7,12-13H,8-10H2,1-3H3/p+1/t12-,13+. The molecular weight excluding hydrogens is 266 g/mol. The summed E-state index contributed by atoms with van der Waals surface area (Å²) >= 11 is 0. The Hall–Kier alpha value is -1.72. The molecule has 1 aliphatic heterocycles. The van der Waals surface area contributed by atoms with E-state index in [1.807, 2.05) is 25.3 Å². The molecule has 2 aromatic heterocycles. The SMILES string of the molecule is Cc1ccc2nc(C[NH+]3C[C@@H](C)O[C@@H](C)C3)cc(=O)n2c1. The summed E-state index contributed by atoms with van der Waals surface area (Å²) in [4.78, 5) is 18.3. The van der Waals surface area contributed by atoms with Crippen LogP contribution in [-0.4, -0.2) is 34.7 Å². The number of morpholine rings is 1. The highest BCUT2D eigenvalue weighted by Crippen LogP contribution is 2.03. The summed E-state index contributed by atoms with van der Waals surface area (Å²) in [5, 5.41) is 0. The molecule has 1 unspecified atom stereocenters. The Morgan fingerprint density at radius 3 is 2.76 bits per heavy atom. The van der Waals surface area contributed by atoms with Gasteiger partial charge in [-0.3, -0.25) is 9.20 Å². The second-order valence-corrected chi connectivity index (χ2v) is 6.11. The van der Waals surface area contributed by atoms with Crippen molar-refractivity contribution >= 4 is 5.65 Å². The van der Waals surface area contributed by atoms with Crippen LogP contribution in [0.1, 0.15) is 25.1 Å². The molecule has 0 radical (unpaired) electrons. The fraction of sp³-hybridized carbons (Fsp3) is 0.500. The van der Waals surface area contributed by atoms with Crippen LogP contribution in [-0.2, 0) is 11.3 Å². The molecule has 5 heteroatoms. The van der Waals surface area contributed by atoms with Gasteiger partial charge in [0.1, 0.15) is 43.2 Å². The van der Waals surface area contributed by atoms with Crippen molar-refractivity contribution in [3.8, 4) is 0 Å². The minimum Gasteiger partial charge on any atom is -0.364 e. The van der Waals surface area contributed by atoms with Gasteiger partial charge in [0.2, 0.25) is 0 Å². The maximum absolute atomic E-state index is 12.2. The highest BCUT2D eigenvalue weighted by molar-refractivity contribution is 5.39. The van der Waals surface area contributed by atoms with Gasteiger partial charge in [-0.15, -0.1) is 0 Å². The largest absolute Gasteiger partial charge is 0.364 e. The maximum atomic E-state index is 12.2. The lowest BCUT2D eigenvalue weighted by Gasteiger charge is -2.32. The Morgan fingerprint density at radius 2 is 2.05 bits per heavy atom. The van der Waals surface area contributed by atoms with Crippen LogP contribution in [0.3, 0.4) is 0 Å². The van der Waals surface area contributed by atoms with E-state index < -0.39 is 0 Å². The number of nitrogens with zero attached hydrogens (tertiary/aromatic N) is 2. The van der Waals surface area contributed by atoms with Crippen LogP contribution in [0, 0.1) is 6.92 Å². The van der Waals surface area contributed by atoms with Gasteiger partial charge in [0.25, 0.3) is 5.56 Å². The molecular formula is C16H22N3O2+. The monoisotopic (exact) mass is 288 g/mol. The number of hydrogen-bond acceptors (Lipinski definition) is 3. The number of fused-ring (bicyclic) bond motifs is 1. The predicted molar refractivity (Wildman–Crippen MR) is 80.6 cm³/mol. The third kappa shape index (κ3) is 3.14. The van der Waals surface area contributed by atoms with E-state index in [4.69, 9.17) is 4.74 Å². The van der Waals surface area contributed by atoms with Crippen LogP contribution in [0.5, 0.6) is 0 Å². The molecule has 3 atom stereocenters. The molecule has 1 N–H and O–H groups in total. The molecule has 1 fully saturated rings. The van der Waals surface area contributed by atoms with E-state index in [1.54, 1.807) is 10.5 Å². The molecule has 1 saturated heterocycles. The number of hydrogen-bond donors (Lipinski definition) is 1. The summed E-state index contributed by atoms with van der Waals surface area (Å²) in [6, 6.07) is 5.54. The Morgan fingerprint density at radius 1 is 1.33 bits per heavy atom. The first-order chi connectivity index (χ1) is 10.0. The number of aromatic nitrogens is 2. The Balaban J connectivity index is 1.87. The van der Waals surface area contributed by atoms with Gasteiger partial charge in [0.05, 0.1) is 0 Å². The first kappa shape index (κ1) is 14.2. The van der Waals surface area contributed by atoms with Crippen molar-refractivity contribution in [2.75, 3.05) is 13.1 Å². The van der Waals surface area contributed by atoms with E-state index in [-0.39, 0.29) is 17.8 Å². The third-order valence-corrected chi connectivity index (χ3v) is 3.91. The molecule has 2 aromatic rings. The van der Waals surface area contributed by atoms with Gasteiger partial charge in [-0.1, -0.05) is 6.07 Å². The fourth-order valence-electron chi connectivity index (χ4n) is 3.14. The number of pyridine rings is 1. The van der Waals surface area contributed by atoms with Crippen LogP contribution in [0.2, 0.25) is 0 Å². The lowest BCUT2D eigenvalue weighted by Crippen LogP contribution is -3.14. The summed E-state index contributed by atoms with van der Waals surface area (Å²) < 4.78 is 7.36. The van der Waals surface area contributed by atoms with Gasteiger partial charge in [-0.25, -0.2) is 4.98 Å². The average Bonchev–Trinajstić information content (AvgIpc) is 2.38. The van der Waals surface area contributed by atoms with Gasteiger partial charge in [0, 0.05) is 12.3 Å². The Labute approximate surface area is 124 Å². The topological polar surface area (TPSA) is 48.0 Å². The second kappa shape index (κ2) is 5.58. The van der Waals surface area contributed by atoms with Crippen molar-refractivity contribution in [1.82, 2.24) is 9.38 Å². The minimum atomic E-state index is -0.00698. The lowest BCUT2D eigenvalue weighted by molar-refractivity contribution is -0.928. The van der Waals surface area contributed by atoms with Crippen molar-refractivity contribution in [3.05, 3.63) is 46.0 Å². The number of ether oxygens (including phenoxy) is 1. The van der Waals surface area contributed by atoms with Crippen molar-refractivity contribution in [2.24, 2.45) is 0 Å². The number of nitrogens with one attached hydrogen (secondary N) is 1. The Kier molecular flexibility index (Phi) is 3.78. The zero-order valence-corrected chi connectivity index (χ0v) is 12.8. The highest BCUT2D eigenvalue weighted by Gasteiger charge is 2.26. The molecule has 0 aliphatic carbocycles. The highest BCUT2D eigenvalue weighted by atomic mass is 16.5. The van der Waals surface area contributed by atoms with Crippen LogP contribution in [0.4, 0.5) is 0 Å². The predicted octanol–water partition coefficient (Wildman–Crippen LogP) is 0.195. The third-order valence-electron chi connectivity index (χ3n) is 3.91. The summed E-state index contributed by atoms with van der Waals surface area (Å²) in [5.41, 5.74) is 2.63. The van der Waals surface area contributed by atoms with Crippen molar-refractivity contribution < 1.29 is 9.64 Å². The molecule has 1 aliphatic rings. The second-order valence-electron chi connectivity index (χ2n) is 6.11. The lowest BCUT2D eigenvalue weighted by atomic mass is 10.2. The van der Waals surface area contributed by atoms with Crippen molar-refractivity contribution in [1.29, 1.82) is 0 Å². The molecule has 3 heterocycles. The molecule has 5 nitrogen and oxygen atoms in total. The van der Waals surface area contributed by atoms with Gasteiger partial charge >= 0.3 is 0 Å². The zero-order chi connectivity index (χ0) is 15.0. The first-order valence-electron chi connectivity index (χ1n) is 7.49. The van der Waals surface area contributed by atoms with E-state index in [9.17, 15) is 4.79 Å². The van der Waals surface area contributed by atoms with Crippen molar-refractivity contribution in [3.63, 3.8) is 0 Å². The molecule has 0 spiro atoms. The van der Waals surface area contributed by atoms with Crippen molar-refractivity contribution in [2.45, 2.75) is 39.5 Å². The van der Waals surface area contributed by atoms with Gasteiger partial charge in [-0.05, 0) is 32.4 Å². The van der Waals surface area contributed by atoms with Crippen LogP contribution in [0.25, 0.3) is 5.65 Å². The van der Waals surface area contributed by atoms with E-state index in [1.165, 1.54) is 4.90 Å². The normalized spacial score (nSPS) is 26.1. The smallest absolute Gasteiger partial charge is 0.258 e. The van der Waals surface area contributed by atoms with E-state index >= 15 is 0 Å². The molecule has 112 valence electrons. The Bertz CT molecular complexity index is 700.